The fourth-order valence-corrected chi connectivity index (χ4v) is 2.07. The van der Waals surface area contributed by atoms with Crippen molar-refractivity contribution in [1.82, 2.24) is 5.06 Å². The van der Waals surface area contributed by atoms with Gasteiger partial charge in [0.1, 0.15) is 17.5 Å². The molecule has 138 valence electrons. The minimum absolute atomic E-state index is 0.0525. The molecule has 7 heteroatoms. The second-order valence-electron chi connectivity index (χ2n) is 5.53. The van der Waals surface area contributed by atoms with Crippen LogP contribution in [0.25, 0.3) is 0 Å². The van der Waals surface area contributed by atoms with Crippen LogP contribution in [0.2, 0.25) is 0 Å². The molecule has 3 rings (SSSR count). The Labute approximate surface area is 153 Å². The zero-order chi connectivity index (χ0) is 18.8. The highest BCUT2D eigenvalue weighted by atomic mass is 16.7. The predicted octanol–water partition coefficient (Wildman–Crippen LogP) is 2.42. The van der Waals surface area contributed by atoms with Gasteiger partial charge in [-0.25, -0.2) is 5.90 Å². The van der Waals surface area contributed by atoms with Crippen LogP contribution in [0, 0.1) is 11.3 Å². The number of methoxy groups -OCH3 is 2. The topological polar surface area (TPSA) is 89.7 Å². The molecule has 2 unspecified atom stereocenters. The van der Waals surface area contributed by atoms with Gasteiger partial charge in [-0.15, -0.1) is 0 Å². The molecule has 2 aromatic carbocycles. The minimum Gasteiger partial charge on any atom is -0.497 e. The number of hydroxylamine groups is 2. The Morgan fingerprint density at radius 3 is 1.85 bits per heavy atom. The van der Waals surface area contributed by atoms with E-state index >= 15 is 0 Å². The maximum Gasteiger partial charge on any atom is 0.137 e. The molecule has 1 aliphatic rings. The Morgan fingerprint density at radius 2 is 1.46 bits per heavy atom. The fraction of sp³-hybridized carbons (Fsp3) is 0.316. The molecule has 0 spiro atoms. The van der Waals surface area contributed by atoms with Crippen LogP contribution in [-0.4, -0.2) is 31.9 Å². The summed E-state index contributed by atoms with van der Waals surface area (Å²) in [7, 11) is 3.27. The third kappa shape index (κ3) is 6.35. The van der Waals surface area contributed by atoms with Gasteiger partial charge in [-0.05, 0) is 35.4 Å². The molecule has 1 fully saturated rings. The molecule has 2 atom stereocenters. The second kappa shape index (κ2) is 10.4. The van der Waals surface area contributed by atoms with Crippen molar-refractivity contribution in [2.75, 3.05) is 20.8 Å². The number of hydrogen-bond donors (Lipinski definition) is 1. The van der Waals surface area contributed by atoms with Crippen molar-refractivity contribution in [1.29, 1.82) is 5.26 Å². The first-order valence-corrected chi connectivity index (χ1v) is 8.07. The second-order valence-corrected chi connectivity index (χ2v) is 5.53. The van der Waals surface area contributed by atoms with Crippen molar-refractivity contribution in [2.24, 2.45) is 5.90 Å². The van der Waals surface area contributed by atoms with Crippen LogP contribution in [0.1, 0.15) is 11.1 Å². The molecule has 2 aromatic rings. The van der Waals surface area contributed by atoms with Crippen LogP contribution in [0.15, 0.2) is 48.5 Å². The van der Waals surface area contributed by atoms with E-state index in [4.69, 9.17) is 25.5 Å². The number of nitriles is 1. The zero-order valence-corrected chi connectivity index (χ0v) is 14.9. The Hall–Kier alpha value is -2.63. The summed E-state index contributed by atoms with van der Waals surface area (Å²) in [5.74, 6) is 6.57. The third-order valence-corrected chi connectivity index (χ3v) is 3.68. The van der Waals surface area contributed by atoms with Gasteiger partial charge in [0, 0.05) is 0 Å². The summed E-state index contributed by atoms with van der Waals surface area (Å²) in [6, 6.07) is 17.3. The molecule has 1 saturated heterocycles. The molecule has 26 heavy (non-hydrogen) atoms. The molecular weight excluding hydrogens is 334 g/mol. The van der Waals surface area contributed by atoms with Crippen molar-refractivity contribution < 1.29 is 19.1 Å². The fourth-order valence-electron chi connectivity index (χ4n) is 2.07. The molecule has 0 amide bonds. The summed E-state index contributed by atoms with van der Waals surface area (Å²) in [5.41, 5.74) is 2.10. The average molecular weight is 357 g/mol. The summed E-state index contributed by atoms with van der Waals surface area (Å²) in [5, 5.41) is 10.2. The van der Waals surface area contributed by atoms with Gasteiger partial charge in [0.05, 0.1) is 40.0 Å². The van der Waals surface area contributed by atoms with E-state index in [0.717, 1.165) is 22.6 Å². The number of nitrogens with two attached hydrogens (primary N) is 1. The first-order valence-electron chi connectivity index (χ1n) is 8.07. The van der Waals surface area contributed by atoms with Crippen LogP contribution >= 0.6 is 0 Å². The number of rotatable bonds is 7. The minimum atomic E-state index is -0.0525. The van der Waals surface area contributed by atoms with Crippen LogP contribution in [0.5, 0.6) is 11.5 Å². The van der Waals surface area contributed by atoms with Gasteiger partial charge in [-0.3, -0.25) is 9.68 Å². The Bertz CT molecular complexity index is 698. The van der Waals surface area contributed by atoms with Crippen molar-refractivity contribution in [3.8, 4) is 17.6 Å². The van der Waals surface area contributed by atoms with Crippen molar-refractivity contribution in [3.63, 3.8) is 0 Å². The summed E-state index contributed by atoms with van der Waals surface area (Å²) in [6.45, 7) is 1.65. The highest BCUT2D eigenvalue weighted by molar-refractivity contribution is 5.27. The summed E-state index contributed by atoms with van der Waals surface area (Å²) in [4.78, 5) is 9.85. The number of ether oxygens (including phenoxy) is 2. The van der Waals surface area contributed by atoms with Crippen LogP contribution in [0.3, 0.4) is 0 Å². The first-order chi connectivity index (χ1) is 12.7. The monoisotopic (exact) mass is 357 g/mol. The Morgan fingerprint density at radius 1 is 0.962 bits per heavy atom. The molecule has 7 nitrogen and oxygen atoms in total. The smallest absolute Gasteiger partial charge is 0.137 e. The van der Waals surface area contributed by atoms with E-state index in [-0.39, 0.29) is 6.04 Å². The molecule has 1 heterocycles. The molecule has 0 bridgehead atoms. The van der Waals surface area contributed by atoms with Crippen molar-refractivity contribution >= 4 is 0 Å². The summed E-state index contributed by atoms with van der Waals surface area (Å²) in [6.07, 6.45) is 0. The van der Waals surface area contributed by atoms with Crippen molar-refractivity contribution in [3.05, 3.63) is 59.7 Å². The molecular formula is C19H23N3O4. The van der Waals surface area contributed by atoms with E-state index in [2.05, 4.69) is 10.9 Å². The maximum absolute atomic E-state index is 8.55. The molecule has 0 aromatic heterocycles. The number of benzene rings is 2. The van der Waals surface area contributed by atoms with Crippen LogP contribution in [-0.2, 0) is 22.9 Å². The van der Waals surface area contributed by atoms with E-state index < -0.39 is 0 Å². The van der Waals surface area contributed by atoms with Gasteiger partial charge in [0.15, 0.2) is 0 Å². The van der Waals surface area contributed by atoms with Gasteiger partial charge in [-0.1, -0.05) is 24.3 Å². The van der Waals surface area contributed by atoms with Crippen LogP contribution < -0.4 is 15.4 Å². The Kier molecular flexibility index (Phi) is 7.86. The number of hydrogen-bond acceptors (Lipinski definition) is 7. The molecule has 0 radical (unpaired) electrons. The standard InChI is InChI=1S/C11H12N2O2.C8H11NO2/c1-14-11-4-2-9(3-5-11)8-15-13-7-10(13)6-12;1-10-8-4-2-7(3-5-8)6-11-9/h2-5,10H,7-8H2,1H3;2-5H,6,9H2,1H3. The van der Waals surface area contributed by atoms with E-state index in [1.165, 1.54) is 0 Å². The Balaban J connectivity index is 0.000000197. The lowest BCUT2D eigenvalue weighted by Crippen LogP contribution is -2.02. The van der Waals surface area contributed by atoms with Gasteiger partial charge in [0.2, 0.25) is 0 Å². The normalized spacial score (nSPS) is 17.5. The number of nitrogens with zero attached hydrogens (tertiary/aromatic N) is 2. The largest absolute Gasteiger partial charge is 0.497 e. The highest BCUT2D eigenvalue weighted by Gasteiger charge is 2.35. The lowest BCUT2D eigenvalue weighted by atomic mass is 10.2. The average Bonchev–Trinajstić information content (AvgIpc) is 3.47. The predicted molar refractivity (Wildman–Crippen MR) is 95.9 cm³/mol. The quantitative estimate of drug-likeness (QED) is 0.601. The molecule has 0 aliphatic carbocycles. The molecule has 1 aliphatic heterocycles. The maximum atomic E-state index is 8.55. The van der Waals surface area contributed by atoms with Crippen LogP contribution in [0.4, 0.5) is 0 Å². The van der Waals surface area contributed by atoms with E-state index in [0.29, 0.717) is 19.8 Å². The zero-order valence-electron chi connectivity index (χ0n) is 14.9. The SMILES string of the molecule is COc1ccc(CON)cc1.COc1ccc(CON2CC2C#N)cc1. The van der Waals surface area contributed by atoms with Gasteiger partial charge >= 0.3 is 0 Å². The van der Waals surface area contributed by atoms with Gasteiger partial charge in [0.25, 0.3) is 0 Å². The lowest BCUT2D eigenvalue weighted by molar-refractivity contribution is -0.0826. The lowest BCUT2D eigenvalue weighted by Gasteiger charge is -2.04. The van der Waals surface area contributed by atoms with E-state index in [1.807, 2.05) is 48.5 Å². The molecule has 2 N–H and O–H groups in total. The van der Waals surface area contributed by atoms with Gasteiger partial charge in [-0.2, -0.15) is 10.3 Å². The van der Waals surface area contributed by atoms with Crippen molar-refractivity contribution in [2.45, 2.75) is 19.3 Å². The third-order valence-electron chi connectivity index (χ3n) is 3.68. The van der Waals surface area contributed by atoms with Gasteiger partial charge < -0.3 is 9.47 Å². The van der Waals surface area contributed by atoms with E-state index in [9.17, 15) is 0 Å². The summed E-state index contributed by atoms with van der Waals surface area (Å²) < 4.78 is 10.0. The van der Waals surface area contributed by atoms with E-state index in [1.54, 1.807) is 19.3 Å². The first kappa shape index (κ1) is 19.7. The molecule has 0 saturated carbocycles. The highest BCUT2D eigenvalue weighted by Crippen LogP contribution is 2.19. The summed E-state index contributed by atoms with van der Waals surface area (Å²) >= 11 is 0.